The summed E-state index contributed by atoms with van der Waals surface area (Å²) in [6, 6.07) is 12.8. The summed E-state index contributed by atoms with van der Waals surface area (Å²) < 4.78 is 9.01. The van der Waals surface area contributed by atoms with E-state index in [1.54, 1.807) is 40.8 Å². The Bertz CT molecular complexity index is 1410. The first-order chi connectivity index (χ1) is 16.4. The number of carbonyl (C=O) groups excluding carboxylic acids is 1. The van der Waals surface area contributed by atoms with Gasteiger partial charge in [-0.15, -0.1) is 0 Å². The van der Waals surface area contributed by atoms with Gasteiger partial charge in [-0.25, -0.2) is 0 Å². The summed E-state index contributed by atoms with van der Waals surface area (Å²) in [6.07, 6.45) is 6.98. The topological polar surface area (TPSA) is 84.9 Å². The third-order valence-corrected chi connectivity index (χ3v) is 6.18. The number of aromatic nitrogens is 3. The van der Waals surface area contributed by atoms with Gasteiger partial charge in [0.1, 0.15) is 5.75 Å². The summed E-state index contributed by atoms with van der Waals surface area (Å²) in [5.41, 5.74) is 4.21. The van der Waals surface area contributed by atoms with Gasteiger partial charge in [0.2, 0.25) is 5.62 Å². The quantitative estimate of drug-likeness (QED) is 0.390. The van der Waals surface area contributed by atoms with Gasteiger partial charge in [-0.1, -0.05) is 29.3 Å². The molecule has 2 heterocycles. The van der Waals surface area contributed by atoms with Crippen LogP contribution in [-0.4, -0.2) is 27.1 Å². The van der Waals surface area contributed by atoms with Gasteiger partial charge in [0.05, 0.1) is 29.9 Å². The van der Waals surface area contributed by atoms with Gasteiger partial charge in [-0.2, -0.15) is 0 Å². The van der Waals surface area contributed by atoms with Gasteiger partial charge in [-0.3, -0.25) is 15.2 Å². The van der Waals surface area contributed by atoms with Crippen molar-refractivity contribution in [3.63, 3.8) is 0 Å². The van der Waals surface area contributed by atoms with Gasteiger partial charge >= 0.3 is 0 Å². The zero-order chi connectivity index (χ0) is 24.2. The third-order valence-electron chi connectivity index (χ3n) is 5.44. The average Bonchev–Trinajstić information content (AvgIpc) is 3.16. The molecule has 9 heteroatoms. The normalized spacial score (nSPS) is 10.8. The summed E-state index contributed by atoms with van der Waals surface area (Å²) in [5.74, 6) is 0.377. The van der Waals surface area contributed by atoms with E-state index in [2.05, 4.69) is 10.3 Å². The smallest absolute Gasteiger partial charge is 0.251 e. The number of nitrogens with zero attached hydrogens (tertiary/aromatic N) is 3. The Hall–Kier alpha value is -3.55. The zero-order valence-corrected chi connectivity index (χ0v) is 20.2. The Kier molecular flexibility index (Phi) is 7.05. The second-order valence-corrected chi connectivity index (χ2v) is 8.60. The standard InChI is InChI=1S/C25H23Cl2N5O2/c1-31-7-8-32(25(31)28)15-17-9-18(20-5-6-29-14-23(20)34-2)12-19(10-17)24(33)30-13-16-3-4-21(26)22(27)11-16/h3-12,14,28H,13,15H2,1-2H3,(H,30,33). The lowest BCUT2D eigenvalue weighted by Gasteiger charge is -2.13. The first-order valence-corrected chi connectivity index (χ1v) is 11.2. The number of carbonyl (C=O) groups is 1. The molecule has 0 radical (unpaired) electrons. The minimum Gasteiger partial charge on any atom is -0.494 e. The minimum atomic E-state index is -0.230. The van der Waals surface area contributed by atoms with Crippen molar-refractivity contribution in [2.45, 2.75) is 13.1 Å². The van der Waals surface area contributed by atoms with Crippen LogP contribution in [0, 0.1) is 5.41 Å². The van der Waals surface area contributed by atoms with Crippen molar-refractivity contribution in [1.29, 1.82) is 5.41 Å². The average molecular weight is 496 g/mol. The molecule has 0 bridgehead atoms. The molecule has 7 nitrogen and oxygen atoms in total. The van der Waals surface area contributed by atoms with E-state index in [4.69, 9.17) is 33.3 Å². The molecule has 174 valence electrons. The number of imidazole rings is 1. The van der Waals surface area contributed by atoms with E-state index >= 15 is 0 Å². The molecular weight excluding hydrogens is 473 g/mol. The maximum absolute atomic E-state index is 13.1. The van der Waals surface area contributed by atoms with Crippen LogP contribution in [0.3, 0.4) is 0 Å². The van der Waals surface area contributed by atoms with Crippen LogP contribution in [0.1, 0.15) is 21.5 Å². The van der Waals surface area contributed by atoms with E-state index in [-0.39, 0.29) is 5.91 Å². The molecular formula is C25H23Cl2N5O2. The minimum absolute atomic E-state index is 0.230. The SMILES string of the molecule is COc1cnccc1-c1cc(Cn2ccn(C)c2=N)cc(C(=O)NCc2ccc(Cl)c(Cl)c2)c1. The fourth-order valence-corrected chi connectivity index (χ4v) is 3.95. The molecule has 2 aromatic heterocycles. The van der Waals surface area contributed by atoms with Gasteiger partial charge in [-0.05, 0) is 53.1 Å². The number of hydrogen-bond acceptors (Lipinski definition) is 4. The van der Waals surface area contributed by atoms with E-state index in [9.17, 15) is 4.79 Å². The van der Waals surface area contributed by atoms with E-state index in [0.717, 1.165) is 22.3 Å². The predicted molar refractivity (Wildman–Crippen MR) is 132 cm³/mol. The number of benzene rings is 2. The summed E-state index contributed by atoms with van der Waals surface area (Å²) in [7, 11) is 3.40. The largest absolute Gasteiger partial charge is 0.494 e. The molecule has 0 fully saturated rings. The lowest BCUT2D eigenvalue weighted by molar-refractivity contribution is 0.0951. The lowest BCUT2D eigenvalue weighted by atomic mass is 9.99. The molecule has 0 saturated carbocycles. The molecule has 1 amide bonds. The highest BCUT2D eigenvalue weighted by Gasteiger charge is 2.14. The van der Waals surface area contributed by atoms with Crippen LogP contribution in [0.15, 0.2) is 67.3 Å². The summed E-state index contributed by atoms with van der Waals surface area (Å²) in [6.45, 7) is 0.742. The van der Waals surface area contributed by atoms with Crippen LogP contribution in [0.5, 0.6) is 5.75 Å². The molecule has 0 aliphatic carbocycles. The molecule has 2 aromatic carbocycles. The summed E-state index contributed by atoms with van der Waals surface area (Å²) in [5, 5.41) is 12.1. The molecule has 0 aliphatic rings. The number of hydrogen-bond donors (Lipinski definition) is 2. The fraction of sp³-hybridized carbons (Fsp3) is 0.160. The van der Waals surface area contributed by atoms with Crippen molar-refractivity contribution in [2.75, 3.05) is 7.11 Å². The maximum atomic E-state index is 13.1. The highest BCUT2D eigenvalue weighted by atomic mass is 35.5. The van der Waals surface area contributed by atoms with Gasteiger partial charge < -0.3 is 19.2 Å². The van der Waals surface area contributed by atoms with Crippen molar-refractivity contribution in [3.8, 4) is 16.9 Å². The molecule has 34 heavy (non-hydrogen) atoms. The van der Waals surface area contributed by atoms with E-state index < -0.39 is 0 Å². The number of aryl methyl sites for hydroxylation is 1. The monoisotopic (exact) mass is 495 g/mol. The molecule has 0 saturated heterocycles. The number of methoxy groups -OCH3 is 1. The Morgan fingerprint density at radius 1 is 1.09 bits per heavy atom. The number of pyridine rings is 1. The summed E-state index contributed by atoms with van der Waals surface area (Å²) >= 11 is 12.1. The van der Waals surface area contributed by atoms with Gasteiger partial charge in [0.15, 0.2) is 0 Å². The summed E-state index contributed by atoms with van der Waals surface area (Å²) in [4.78, 5) is 17.2. The van der Waals surface area contributed by atoms with E-state index in [1.165, 1.54) is 0 Å². The molecule has 4 aromatic rings. The second-order valence-electron chi connectivity index (χ2n) is 7.79. The maximum Gasteiger partial charge on any atom is 0.251 e. The van der Waals surface area contributed by atoms with Crippen LogP contribution in [0.4, 0.5) is 0 Å². The molecule has 0 aliphatic heterocycles. The lowest BCUT2D eigenvalue weighted by Crippen LogP contribution is -2.24. The Morgan fingerprint density at radius 2 is 1.91 bits per heavy atom. The molecule has 0 spiro atoms. The number of nitrogens with one attached hydrogen (secondary N) is 2. The number of halogens is 2. The number of ether oxygens (including phenoxy) is 1. The number of amides is 1. The van der Waals surface area contributed by atoms with Crippen LogP contribution in [-0.2, 0) is 20.1 Å². The first kappa shape index (κ1) is 23.6. The molecule has 0 unspecified atom stereocenters. The zero-order valence-electron chi connectivity index (χ0n) is 18.7. The first-order valence-electron chi connectivity index (χ1n) is 10.5. The van der Waals surface area contributed by atoms with E-state index in [0.29, 0.717) is 40.1 Å². The van der Waals surface area contributed by atoms with Crippen molar-refractivity contribution >= 4 is 29.1 Å². The van der Waals surface area contributed by atoms with Gasteiger partial charge in [0, 0.05) is 43.3 Å². The Morgan fingerprint density at radius 3 is 2.62 bits per heavy atom. The molecule has 4 rings (SSSR count). The predicted octanol–water partition coefficient (Wildman–Crippen LogP) is 4.66. The van der Waals surface area contributed by atoms with Crippen molar-refractivity contribution in [3.05, 3.63) is 99.6 Å². The van der Waals surface area contributed by atoms with Crippen LogP contribution in [0.25, 0.3) is 11.1 Å². The molecule has 0 atom stereocenters. The highest BCUT2D eigenvalue weighted by molar-refractivity contribution is 6.42. The van der Waals surface area contributed by atoms with Crippen molar-refractivity contribution < 1.29 is 9.53 Å². The van der Waals surface area contributed by atoms with Crippen LogP contribution < -0.4 is 15.7 Å². The Labute approximate surface area is 207 Å². The number of rotatable bonds is 7. The highest BCUT2D eigenvalue weighted by Crippen LogP contribution is 2.30. The van der Waals surface area contributed by atoms with Crippen molar-refractivity contribution in [1.82, 2.24) is 19.4 Å². The fourth-order valence-electron chi connectivity index (χ4n) is 3.63. The van der Waals surface area contributed by atoms with Crippen LogP contribution >= 0.6 is 23.2 Å². The van der Waals surface area contributed by atoms with Crippen molar-refractivity contribution in [2.24, 2.45) is 7.05 Å². The van der Waals surface area contributed by atoms with Crippen LogP contribution in [0.2, 0.25) is 10.0 Å². The van der Waals surface area contributed by atoms with E-state index in [1.807, 2.05) is 49.8 Å². The second kappa shape index (κ2) is 10.2. The third kappa shape index (κ3) is 5.16. The Balaban J connectivity index is 1.68. The van der Waals surface area contributed by atoms with Gasteiger partial charge in [0.25, 0.3) is 5.91 Å². The molecule has 2 N–H and O–H groups in total.